The molecule has 0 aromatic carbocycles. The number of aromatic nitrogens is 1. The van der Waals surface area contributed by atoms with Crippen molar-refractivity contribution < 1.29 is 9.90 Å². The lowest BCUT2D eigenvalue weighted by Crippen LogP contribution is -2.46. The zero-order chi connectivity index (χ0) is 13.1. The third-order valence-electron chi connectivity index (χ3n) is 3.37. The van der Waals surface area contributed by atoms with Crippen LogP contribution in [0, 0.1) is 6.92 Å². The van der Waals surface area contributed by atoms with E-state index in [2.05, 4.69) is 9.88 Å². The highest BCUT2D eigenvalue weighted by molar-refractivity contribution is 5.49. The van der Waals surface area contributed by atoms with Crippen molar-refractivity contribution in [3.05, 3.63) is 23.4 Å². The van der Waals surface area contributed by atoms with Gasteiger partial charge in [-0.05, 0) is 25.5 Å². The second-order valence-electron chi connectivity index (χ2n) is 4.70. The maximum absolute atomic E-state index is 10.6. The quantitative estimate of drug-likeness (QED) is 0.802. The van der Waals surface area contributed by atoms with Crippen LogP contribution in [0.25, 0.3) is 0 Å². The predicted molar refractivity (Wildman–Crippen MR) is 69.5 cm³/mol. The normalized spacial score (nSPS) is 17.7. The van der Waals surface area contributed by atoms with E-state index in [9.17, 15) is 9.90 Å². The van der Waals surface area contributed by atoms with Crippen LogP contribution in [-0.4, -0.2) is 47.6 Å². The van der Waals surface area contributed by atoms with Crippen LogP contribution in [0.5, 0.6) is 0 Å². The van der Waals surface area contributed by atoms with Gasteiger partial charge in [0.1, 0.15) is 5.82 Å². The van der Waals surface area contributed by atoms with E-state index < -0.39 is 6.10 Å². The number of nitrogens with zero attached hydrogens (tertiary/aromatic N) is 3. The summed E-state index contributed by atoms with van der Waals surface area (Å²) in [7, 11) is 0. The van der Waals surface area contributed by atoms with Crippen LogP contribution >= 0.6 is 0 Å². The Hall–Kier alpha value is -1.62. The molecule has 1 aliphatic heterocycles. The molecule has 98 valence electrons. The van der Waals surface area contributed by atoms with Crippen LogP contribution in [0.4, 0.5) is 5.82 Å². The Morgan fingerprint density at radius 2 is 2.06 bits per heavy atom. The molecule has 2 heterocycles. The average molecular weight is 249 g/mol. The number of carbonyl (C=O) groups excluding carboxylic acids is 1. The number of aliphatic hydroxyl groups excluding tert-OH is 1. The molecule has 1 aliphatic rings. The van der Waals surface area contributed by atoms with Gasteiger partial charge in [0, 0.05) is 37.9 Å². The number of piperazine rings is 1. The highest BCUT2D eigenvalue weighted by Gasteiger charge is 2.17. The van der Waals surface area contributed by atoms with Crippen molar-refractivity contribution in [1.82, 2.24) is 9.88 Å². The Morgan fingerprint density at radius 1 is 1.39 bits per heavy atom. The van der Waals surface area contributed by atoms with E-state index in [0.29, 0.717) is 0 Å². The fourth-order valence-corrected chi connectivity index (χ4v) is 2.22. The van der Waals surface area contributed by atoms with Crippen molar-refractivity contribution in [2.24, 2.45) is 0 Å². The van der Waals surface area contributed by atoms with E-state index in [-0.39, 0.29) is 0 Å². The Morgan fingerprint density at radius 3 is 2.56 bits per heavy atom. The molecule has 0 unspecified atom stereocenters. The van der Waals surface area contributed by atoms with Crippen LogP contribution in [-0.2, 0) is 4.79 Å². The minimum atomic E-state index is -0.488. The SMILES string of the molecule is Cc1cc(N2CCN(C=O)CC2)ncc1[C@H](C)O. The molecule has 5 nitrogen and oxygen atoms in total. The number of hydrogen-bond donors (Lipinski definition) is 1. The molecule has 1 aromatic rings. The second kappa shape index (κ2) is 5.35. The van der Waals surface area contributed by atoms with Gasteiger partial charge in [0.25, 0.3) is 0 Å². The Balaban J connectivity index is 2.10. The maximum Gasteiger partial charge on any atom is 0.209 e. The monoisotopic (exact) mass is 249 g/mol. The van der Waals surface area contributed by atoms with Gasteiger partial charge in [-0.3, -0.25) is 4.79 Å². The van der Waals surface area contributed by atoms with Gasteiger partial charge in [-0.2, -0.15) is 0 Å². The molecule has 0 bridgehead atoms. The number of rotatable bonds is 3. The second-order valence-corrected chi connectivity index (χ2v) is 4.70. The van der Waals surface area contributed by atoms with Gasteiger partial charge in [0.2, 0.25) is 6.41 Å². The molecular formula is C13H19N3O2. The van der Waals surface area contributed by atoms with Crippen molar-refractivity contribution in [2.75, 3.05) is 31.1 Å². The molecule has 1 amide bonds. The number of amides is 1. The largest absolute Gasteiger partial charge is 0.389 e. The number of pyridine rings is 1. The first-order chi connectivity index (χ1) is 8.61. The fraction of sp³-hybridized carbons (Fsp3) is 0.538. The molecule has 0 aliphatic carbocycles. The van der Waals surface area contributed by atoms with E-state index in [0.717, 1.165) is 49.5 Å². The summed E-state index contributed by atoms with van der Waals surface area (Å²) < 4.78 is 0. The van der Waals surface area contributed by atoms with Crippen LogP contribution < -0.4 is 4.90 Å². The summed E-state index contributed by atoms with van der Waals surface area (Å²) in [6.45, 7) is 6.81. The molecule has 1 aromatic heterocycles. The minimum absolute atomic E-state index is 0.488. The summed E-state index contributed by atoms with van der Waals surface area (Å²) in [5.74, 6) is 0.919. The van der Waals surface area contributed by atoms with Crippen molar-refractivity contribution in [1.29, 1.82) is 0 Å². The summed E-state index contributed by atoms with van der Waals surface area (Å²) in [6, 6.07) is 2.00. The molecule has 0 saturated carbocycles. The maximum atomic E-state index is 10.6. The Kier molecular flexibility index (Phi) is 3.81. The molecule has 5 heteroatoms. The van der Waals surface area contributed by atoms with Crippen LogP contribution in [0.15, 0.2) is 12.3 Å². The third-order valence-corrected chi connectivity index (χ3v) is 3.37. The van der Waals surface area contributed by atoms with Gasteiger partial charge >= 0.3 is 0 Å². The molecule has 1 saturated heterocycles. The molecule has 0 spiro atoms. The van der Waals surface area contributed by atoms with Gasteiger partial charge < -0.3 is 14.9 Å². The van der Waals surface area contributed by atoms with Crippen molar-refractivity contribution in [3.8, 4) is 0 Å². The van der Waals surface area contributed by atoms with Crippen molar-refractivity contribution in [3.63, 3.8) is 0 Å². The van der Waals surface area contributed by atoms with E-state index in [1.165, 1.54) is 0 Å². The highest BCUT2D eigenvalue weighted by Crippen LogP contribution is 2.21. The minimum Gasteiger partial charge on any atom is -0.389 e. The predicted octanol–water partition coefficient (Wildman–Crippen LogP) is 0.722. The lowest BCUT2D eigenvalue weighted by atomic mass is 10.1. The number of anilines is 1. The molecule has 1 fully saturated rings. The fourth-order valence-electron chi connectivity index (χ4n) is 2.22. The van der Waals surface area contributed by atoms with E-state index in [4.69, 9.17) is 0 Å². The lowest BCUT2D eigenvalue weighted by Gasteiger charge is -2.33. The highest BCUT2D eigenvalue weighted by atomic mass is 16.3. The standard InChI is InChI=1S/C13H19N3O2/c1-10-7-13(14-8-12(10)11(2)18)16-5-3-15(9-17)4-6-16/h7-9,11,18H,3-6H2,1-2H3/t11-/m0/s1. The first kappa shape index (κ1) is 12.8. The molecule has 2 rings (SSSR count). The van der Waals surface area contributed by atoms with Crippen LogP contribution in [0.2, 0.25) is 0 Å². The molecule has 1 atom stereocenters. The summed E-state index contributed by atoms with van der Waals surface area (Å²) in [4.78, 5) is 19.0. The van der Waals surface area contributed by atoms with Crippen LogP contribution in [0.1, 0.15) is 24.2 Å². The molecule has 18 heavy (non-hydrogen) atoms. The Labute approximate surface area is 107 Å². The van der Waals surface area contributed by atoms with Gasteiger partial charge in [-0.1, -0.05) is 0 Å². The summed E-state index contributed by atoms with van der Waals surface area (Å²) in [5, 5.41) is 9.57. The first-order valence-electron chi connectivity index (χ1n) is 6.20. The number of carbonyl (C=O) groups is 1. The third kappa shape index (κ3) is 2.61. The van der Waals surface area contributed by atoms with Gasteiger partial charge in [0.05, 0.1) is 6.10 Å². The molecular weight excluding hydrogens is 230 g/mol. The summed E-state index contributed by atoms with van der Waals surface area (Å²) in [6.07, 6.45) is 2.15. The number of aliphatic hydroxyl groups is 1. The number of aryl methyl sites for hydroxylation is 1. The first-order valence-corrected chi connectivity index (χ1v) is 6.20. The average Bonchev–Trinajstić information content (AvgIpc) is 2.38. The van der Waals surface area contributed by atoms with Gasteiger partial charge in [-0.15, -0.1) is 0 Å². The molecule has 0 radical (unpaired) electrons. The van der Waals surface area contributed by atoms with Crippen molar-refractivity contribution in [2.45, 2.75) is 20.0 Å². The Bertz CT molecular complexity index is 426. The smallest absolute Gasteiger partial charge is 0.209 e. The molecule has 1 N–H and O–H groups in total. The lowest BCUT2D eigenvalue weighted by molar-refractivity contribution is -0.118. The zero-order valence-corrected chi connectivity index (χ0v) is 10.8. The number of hydrogen-bond acceptors (Lipinski definition) is 4. The van der Waals surface area contributed by atoms with Gasteiger partial charge in [-0.25, -0.2) is 4.98 Å². The van der Waals surface area contributed by atoms with Crippen LogP contribution in [0.3, 0.4) is 0 Å². The summed E-state index contributed by atoms with van der Waals surface area (Å²) >= 11 is 0. The topological polar surface area (TPSA) is 56.7 Å². The van der Waals surface area contributed by atoms with Gasteiger partial charge in [0.15, 0.2) is 0 Å². The summed E-state index contributed by atoms with van der Waals surface area (Å²) in [5.41, 5.74) is 1.91. The zero-order valence-electron chi connectivity index (χ0n) is 10.8. The van der Waals surface area contributed by atoms with E-state index in [1.54, 1.807) is 18.0 Å². The van der Waals surface area contributed by atoms with E-state index in [1.807, 2.05) is 13.0 Å². The van der Waals surface area contributed by atoms with Crippen molar-refractivity contribution >= 4 is 12.2 Å². The van der Waals surface area contributed by atoms with E-state index >= 15 is 0 Å².